The van der Waals surface area contributed by atoms with Crippen molar-refractivity contribution in [1.82, 2.24) is 15.3 Å². The van der Waals surface area contributed by atoms with E-state index >= 15 is 0 Å². The Labute approximate surface area is 116 Å². The first-order valence-electron chi connectivity index (χ1n) is 6.98. The number of benzene rings is 1. The van der Waals surface area contributed by atoms with Gasteiger partial charge in [-0.1, -0.05) is 6.07 Å². The van der Waals surface area contributed by atoms with Gasteiger partial charge in [0.15, 0.2) is 0 Å². The number of imidazole rings is 1. The molecule has 0 bridgehead atoms. The Balaban J connectivity index is 1.65. The van der Waals surface area contributed by atoms with Crippen LogP contribution in [0.5, 0.6) is 0 Å². The number of carbonyl (C=O) groups is 1. The van der Waals surface area contributed by atoms with Gasteiger partial charge in [0.05, 0.1) is 11.9 Å². The van der Waals surface area contributed by atoms with Crippen LogP contribution in [0.3, 0.4) is 0 Å². The number of aromatic nitrogens is 2. The van der Waals surface area contributed by atoms with Gasteiger partial charge in [-0.15, -0.1) is 0 Å². The van der Waals surface area contributed by atoms with E-state index in [9.17, 15) is 4.79 Å². The molecule has 1 aromatic heterocycles. The Hall–Kier alpha value is -2.14. The molecule has 5 heteroatoms. The number of aryl methyl sites for hydroxylation is 1. The standard InChI is InChI=1S/C15H16N4O/c20-14-4-2-9-5-10(1-3-12(9)18-14)13-8-17-15(19-13)11-6-16-7-11/h1,3,5,8,11,16H,2,4,6-7H2,(H,17,19)(H,18,20). The second kappa shape index (κ2) is 4.45. The van der Waals surface area contributed by atoms with Gasteiger partial charge in [-0.25, -0.2) is 4.98 Å². The maximum atomic E-state index is 11.4. The topological polar surface area (TPSA) is 69.8 Å². The molecule has 2 aliphatic heterocycles. The van der Waals surface area contributed by atoms with Crippen LogP contribution in [0.2, 0.25) is 0 Å². The molecule has 0 atom stereocenters. The quantitative estimate of drug-likeness (QED) is 0.775. The SMILES string of the molecule is O=C1CCc2cc(-c3cnc(C4CNC4)[nH]3)ccc2N1. The zero-order valence-electron chi connectivity index (χ0n) is 11.1. The van der Waals surface area contributed by atoms with Gasteiger partial charge in [0, 0.05) is 31.1 Å². The number of carbonyl (C=O) groups excluding carboxylic acids is 1. The van der Waals surface area contributed by atoms with Crippen molar-refractivity contribution in [2.75, 3.05) is 18.4 Å². The fourth-order valence-electron chi connectivity index (χ4n) is 2.72. The summed E-state index contributed by atoms with van der Waals surface area (Å²) in [6.45, 7) is 2.01. The summed E-state index contributed by atoms with van der Waals surface area (Å²) in [5.41, 5.74) is 4.31. The Kier molecular flexibility index (Phi) is 2.60. The molecular weight excluding hydrogens is 252 g/mol. The van der Waals surface area contributed by atoms with Gasteiger partial charge in [-0.3, -0.25) is 4.79 Å². The fraction of sp³-hybridized carbons (Fsp3) is 0.333. The van der Waals surface area contributed by atoms with Crippen LogP contribution in [0.15, 0.2) is 24.4 Å². The maximum Gasteiger partial charge on any atom is 0.224 e. The number of anilines is 1. The molecule has 1 amide bonds. The molecule has 2 aromatic rings. The number of aromatic amines is 1. The van der Waals surface area contributed by atoms with Gasteiger partial charge >= 0.3 is 0 Å². The third-order valence-electron chi connectivity index (χ3n) is 4.08. The molecule has 1 aromatic carbocycles. The summed E-state index contributed by atoms with van der Waals surface area (Å²) in [6.07, 6.45) is 3.28. The minimum atomic E-state index is 0.103. The predicted octanol–water partition coefficient (Wildman–Crippen LogP) is 1.65. The van der Waals surface area contributed by atoms with Gasteiger partial charge in [-0.05, 0) is 29.7 Å². The molecule has 0 spiro atoms. The second-order valence-corrected chi connectivity index (χ2v) is 5.46. The Morgan fingerprint density at radius 3 is 2.90 bits per heavy atom. The van der Waals surface area contributed by atoms with Crippen LogP contribution < -0.4 is 10.6 Å². The number of fused-ring (bicyclic) bond motifs is 1. The summed E-state index contributed by atoms with van der Waals surface area (Å²) in [4.78, 5) is 19.2. The fourth-order valence-corrected chi connectivity index (χ4v) is 2.72. The van der Waals surface area contributed by atoms with Crippen molar-refractivity contribution in [3.05, 3.63) is 35.8 Å². The Morgan fingerprint density at radius 1 is 1.20 bits per heavy atom. The van der Waals surface area contributed by atoms with Gasteiger partial charge in [0.25, 0.3) is 0 Å². The number of H-pyrrole nitrogens is 1. The lowest BCUT2D eigenvalue weighted by molar-refractivity contribution is -0.116. The van der Waals surface area contributed by atoms with Crippen molar-refractivity contribution in [3.8, 4) is 11.3 Å². The van der Waals surface area contributed by atoms with E-state index < -0.39 is 0 Å². The normalized spacial score (nSPS) is 18.3. The van der Waals surface area contributed by atoms with Crippen LogP contribution in [0, 0.1) is 0 Å². The molecule has 0 radical (unpaired) electrons. The number of hydrogen-bond acceptors (Lipinski definition) is 3. The van der Waals surface area contributed by atoms with Crippen LogP contribution in [0.1, 0.15) is 23.7 Å². The van der Waals surface area contributed by atoms with Crippen LogP contribution in [-0.2, 0) is 11.2 Å². The van der Waals surface area contributed by atoms with E-state index in [-0.39, 0.29) is 5.91 Å². The molecule has 2 aliphatic rings. The first-order chi connectivity index (χ1) is 9.79. The third kappa shape index (κ3) is 1.91. The van der Waals surface area contributed by atoms with Crippen LogP contribution in [0.25, 0.3) is 11.3 Å². The number of nitrogens with one attached hydrogen (secondary N) is 3. The molecule has 3 heterocycles. The lowest BCUT2D eigenvalue weighted by Gasteiger charge is -2.24. The molecule has 1 saturated heterocycles. The summed E-state index contributed by atoms with van der Waals surface area (Å²) < 4.78 is 0. The average molecular weight is 268 g/mol. The van der Waals surface area contributed by atoms with Crippen molar-refractivity contribution in [2.45, 2.75) is 18.8 Å². The van der Waals surface area contributed by atoms with E-state index in [1.807, 2.05) is 18.3 Å². The molecule has 3 N–H and O–H groups in total. The van der Waals surface area contributed by atoms with Crippen LogP contribution in [0.4, 0.5) is 5.69 Å². The summed E-state index contributed by atoms with van der Waals surface area (Å²) in [7, 11) is 0. The van der Waals surface area contributed by atoms with E-state index in [4.69, 9.17) is 0 Å². The highest BCUT2D eigenvalue weighted by atomic mass is 16.1. The maximum absolute atomic E-state index is 11.4. The molecule has 20 heavy (non-hydrogen) atoms. The molecule has 5 nitrogen and oxygen atoms in total. The Morgan fingerprint density at radius 2 is 2.10 bits per heavy atom. The van der Waals surface area contributed by atoms with Gasteiger partial charge in [-0.2, -0.15) is 0 Å². The highest BCUT2D eigenvalue weighted by Crippen LogP contribution is 2.28. The van der Waals surface area contributed by atoms with E-state index in [0.29, 0.717) is 12.3 Å². The molecule has 0 aliphatic carbocycles. The summed E-state index contributed by atoms with van der Waals surface area (Å²) in [5.74, 6) is 1.68. The molecule has 0 unspecified atom stereocenters. The third-order valence-corrected chi connectivity index (χ3v) is 4.08. The smallest absolute Gasteiger partial charge is 0.224 e. The molecule has 4 rings (SSSR count). The van der Waals surface area contributed by atoms with E-state index in [2.05, 4.69) is 26.7 Å². The number of amides is 1. The van der Waals surface area contributed by atoms with Crippen LogP contribution >= 0.6 is 0 Å². The molecule has 1 fully saturated rings. The Bertz CT molecular complexity index is 672. The average Bonchev–Trinajstić information content (AvgIpc) is 2.85. The highest BCUT2D eigenvalue weighted by molar-refractivity contribution is 5.94. The lowest BCUT2D eigenvalue weighted by Crippen LogP contribution is -2.40. The number of rotatable bonds is 2. The summed E-state index contributed by atoms with van der Waals surface area (Å²) >= 11 is 0. The minimum absolute atomic E-state index is 0.103. The van der Waals surface area contributed by atoms with Gasteiger partial charge in [0.1, 0.15) is 5.82 Å². The lowest BCUT2D eigenvalue weighted by atomic mass is 9.99. The summed E-state index contributed by atoms with van der Waals surface area (Å²) in [6, 6.07) is 6.15. The van der Waals surface area contributed by atoms with E-state index in [1.54, 1.807) is 0 Å². The van der Waals surface area contributed by atoms with Crippen molar-refractivity contribution in [1.29, 1.82) is 0 Å². The largest absolute Gasteiger partial charge is 0.342 e. The van der Waals surface area contributed by atoms with Crippen molar-refractivity contribution in [3.63, 3.8) is 0 Å². The molecule has 102 valence electrons. The highest BCUT2D eigenvalue weighted by Gasteiger charge is 2.22. The number of nitrogens with zero attached hydrogens (tertiary/aromatic N) is 1. The first-order valence-corrected chi connectivity index (χ1v) is 6.98. The molecule has 0 saturated carbocycles. The second-order valence-electron chi connectivity index (χ2n) is 5.46. The van der Waals surface area contributed by atoms with Crippen molar-refractivity contribution >= 4 is 11.6 Å². The van der Waals surface area contributed by atoms with E-state index in [0.717, 1.165) is 42.3 Å². The monoisotopic (exact) mass is 268 g/mol. The number of hydrogen-bond donors (Lipinski definition) is 3. The van der Waals surface area contributed by atoms with Crippen molar-refractivity contribution in [2.24, 2.45) is 0 Å². The van der Waals surface area contributed by atoms with E-state index in [1.165, 1.54) is 5.56 Å². The summed E-state index contributed by atoms with van der Waals surface area (Å²) in [5, 5.41) is 6.16. The van der Waals surface area contributed by atoms with Gasteiger partial charge < -0.3 is 15.6 Å². The zero-order chi connectivity index (χ0) is 13.5. The predicted molar refractivity (Wildman–Crippen MR) is 76.6 cm³/mol. The van der Waals surface area contributed by atoms with Crippen molar-refractivity contribution < 1.29 is 4.79 Å². The first kappa shape index (κ1) is 11.7. The van der Waals surface area contributed by atoms with Gasteiger partial charge in [0.2, 0.25) is 5.91 Å². The zero-order valence-corrected chi connectivity index (χ0v) is 11.1. The minimum Gasteiger partial charge on any atom is -0.342 e. The van der Waals surface area contributed by atoms with Crippen LogP contribution in [-0.4, -0.2) is 29.0 Å². The molecular formula is C15H16N4O.